The second-order valence-corrected chi connectivity index (χ2v) is 12.3. The first kappa shape index (κ1) is 24.2. The number of hydrogen-bond donors (Lipinski definition) is 2. The zero-order chi connectivity index (χ0) is 24.6. The number of fused-ring (bicyclic) bond motifs is 1. The number of hydrogen-bond acceptors (Lipinski definition) is 8. The van der Waals surface area contributed by atoms with Gasteiger partial charge in [-0.1, -0.05) is 5.16 Å². The summed E-state index contributed by atoms with van der Waals surface area (Å²) in [5.41, 5.74) is 0.608. The van der Waals surface area contributed by atoms with Crippen molar-refractivity contribution in [3.63, 3.8) is 0 Å². The largest absolute Gasteiger partial charge is 0.388 e. The maximum atomic E-state index is 13.2. The Hall–Kier alpha value is -2.50. The Balaban J connectivity index is 1.13. The molecule has 2 N–H and O–H groups in total. The zero-order valence-corrected chi connectivity index (χ0v) is 21.2. The number of nitrogens with one attached hydrogen (secondary N) is 1. The summed E-state index contributed by atoms with van der Waals surface area (Å²) in [6.07, 6.45) is 8.47. The SMILES string of the molecule is Cc1cc(CCC2(O)CCN(S(=O)(=O)C[C@H]3CC[C@H](N(C)c4ncnc5[nH]ccc45)CC3)C2)on1. The van der Waals surface area contributed by atoms with E-state index >= 15 is 0 Å². The van der Waals surface area contributed by atoms with Gasteiger partial charge in [0.2, 0.25) is 10.0 Å². The van der Waals surface area contributed by atoms with Crippen molar-refractivity contribution >= 4 is 26.9 Å². The van der Waals surface area contributed by atoms with E-state index in [4.69, 9.17) is 4.52 Å². The highest BCUT2D eigenvalue weighted by molar-refractivity contribution is 7.89. The van der Waals surface area contributed by atoms with E-state index in [1.807, 2.05) is 25.3 Å². The number of sulfonamides is 1. The number of aryl methyl sites for hydroxylation is 2. The monoisotopic (exact) mass is 502 g/mol. The third-order valence-corrected chi connectivity index (χ3v) is 9.67. The average molecular weight is 503 g/mol. The Morgan fingerprint density at radius 1 is 1.29 bits per heavy atom. The van der Waals surface area contributed by atoms with Crippen LogP contribution in [0.1, 0.15) is 50.0 Å². The number of aromatic amines is 1. The molecule has 0 bridgehead atoms. The van der Waals surface area contributed by atoms with Gasteiger partial charge in [0, 0.05) is 44.9 Å². The number of H-pyrrole nitrogens is 1. The van der Waals surface area contributed by atoms with Crippen LogP contribution in [0.2, 0.25) is 0 Å². The van der Waals surface area contributed by atoms with Gasteiger partial charge in [0.05, 0.1) is 22.4 Å². The molecule has 0 spiro atoms. The first-order chi connectivity index (χ1) is 16.7. The average Bonchev–Trinajstić information content (AvgIpc) is 3.57. The van der Waals surface area contributed by atoms with Gasteiger partial charge in [-0.25, -0.2) is 18.4 Å². The minimum absolute atomic E-state index is 0.133. The lowest BCUT2D eigenvalue weighted by Crippen LogP contribution is -2.40. The quantitative estimate of drug-likeness (QED) is 0.481. The minimum Gasteiger partial charge on any atom is -0.388 e. The Kier molecular flexibility index (Phi) is 6.58. The molecule has 1 aliphatic heterocycles. The fraction of sp³-hybridized carbons (Fsp3) is 0.625. The maximum absolute atomic E-state index is 13.2. The van der Waals surface area contributed by atoms with Crippen molar-refractivity contribution in [3.8, 4) is 0 Å². The van der Waals surface area contributed by atoms with E-state index in [-0.39, 0.29) is 18.2 Å². The zero-order valence-electron chi connectivity index (χ0n) is 20.4. The molecule has 1 atom stereocenters. The lowest BCUT2D eigenvalue weighted by atomic mass is 9.86. The Morgan fingerprint density at radius 2 is 2.09 bits per heavy atom. The van der Waals surface area contributed by atoms with E-state index in [1.165, 1.54) is 4.31 Å². The number of β-amino-alcohol motifs (C(OH)–C–C–N with tert-alkyl or cyclic N) is 1. The van der Waals surface area contributed by atoms with E-state index in [9.17, 15) is 13.5 Å². The van der Waals surface area contributed by atoms with Gasteiger partial charge in [0.15, 0.2) is 0 Å². The topological polar surface area (TPSA) is 128 Å². The molecule has 10 nitrogen and oxygen atoms in total. The molecule has 3 aromatic rings. The molecule has 35 heavy (non-hydrogen) atoms. The van der Waals surface area contributed by atoms with Crippen LogP contribution in [0.5, 0.6) is 0 Å². The molecule has 11 heteroatoms. The van der Waals surface area contributed by atoms with Gasteiger partial charge in [-0.3, -0.25) is 0 Å². The Labute approximate surface area is 205 Å². The number of aromatic nitrogens is 4. The lowest BCUT2D eigenvalue weighted by Gasteiger charge is -2.35. The van der Waals surface area contributed by atoms with E-state index in [2.05, 4.69) is 32.1 Å². The fourth-order valence-corrected chi connectivity index (χ4v) is 7.51. The second-order valence-electron chi connectivity index (χ2n) is 10.2. The first-order valence-electron chi connectivity index (χ1n) is 12.4. The van der Waals surface area contributed by atoms with Crippen LogP contribution in [0.4, 0.5) is 5.82 Å². The molecule has 190 valence electrons. The fourth-order valence-electron chi connectivity index (χ4n) is 5.57. The molecule has 1 saturated heterocycles. The van der Waals surface area contributed by atoms with Crippen molar-refractivity contribution in [1.82, 2.24) is 24.4 Å². The smallest absolute Gasteiger partial charge is 0.214 e. The van der Waals surface area contributed by atoms with Crippen molar-refractivity contribution in [2.45, 2.75) is 63.5 Å². The predicted octanol–water partition coefficient (Wildman–Crippen LogP) is 2.65. The molecular weight excluding hydrogens is 468 g/mol. The predicted molar refractivity (Wildman–Crippen MR) is 133 cm³/mol. The van der Waals surface area contributed by atoms with E-state index in [0.717, 1.165) is 54.0 Å². The molecule has 3 aromatic heterocycles. The highest BCUT2D eigenvalue weighted by Gasteiger charge is 2.42. The Bertz CT molecular complexity index is 1270. The van der Waals surface area contributed by atoms with Crippen molar-refractivity contribution in [2.24, 2.45) is 5.92 Å². The van der Waals surface area contributed by atoms with Crippen LogP contribution in [0.15, 0.2) is 29.2 Å². The van der Waals surface area contributed by atoms with Crippen LogP contribution < -0.4 is 4.90 Å². The van der Waals surface area contributed by atoms with Gasteiger partial charge in [0.25, 0.3) is 0 Å². The summed E-state index contributed by atoms with van der Waals surface area (Å²) in [7, 11) is -1.36. The number of rotatable bonds is 8. The van der Waals surface area contributed by atoms with Gasteiger partial charge in [0.1, 0.15) is 23.6 Å². The molecule has 5 rings (SSSR count). The standard InChI is InChI=1S/C24H34N6O4S/c1-17-13-20(34-28-17)7-9-24(31)10-12-30(15-24)35(32,33)14-18-3-5-19(6-4-18)29(2)23-21-8-11-25-22(21)26-16-27-23/h8,11,13,16,18-19,31H,3-7,9-10,12,14-15H2,1-2H3,(H,25,26,27)/t18-,19-,24?. The van der Waals surface area contributed by atoms with Crippen LogP contribution in [0.25, 0.3) is 11.0 Å². The third-order valence-electron chi connectivity index (χ3n) is 7.68. The van der Waals surface area contributed by atoms with Crippen LogP contribution in [0, 0.1) is 12.8 Å². The highest BCUT2D eigenvalue weighted by atomic mass is 32.2. The number of anilines is 1. The Morgan fingerprint density at radius 3 is 2.83 bits per heavy atom. The van der Waals surface area contributed by atoms with E-state index in [1.54, 1.807) is 6.33 Å². The van der Waals surface area contributed by atoms with Gasteiger partial charge in [-0.05, 0) is 57.4 Å². The summed E-state index contributed by atoms with van der Waals surface area (Å²) in [4.78, 5) is 14.1. The lowest BCUT2D eigenvalue weighted by molar-refractivity contribution is 0.0455. The molecule has 1 unspecified atom stereocenters. The summed E-state index contributed by atoms with van der Waals surface area (Å²) >= 11 is 0. The molecule has 0 amide bonds. The summed E-state index contributed by atoms with van der Waals surface area (Å²) in [6, 6.07) is 4.16. The first-order valence-corrected chi connectivity index (χ1v) is 14.0. The van der Waals surface area contributed by atoms with Crippen molar-refractivity contribution in [1.29, 1.82) is 0 Å². The highest BCUT2D eigenvalue weighted by Crippen LogP contribution is 2.34. The van der Waals surface area contributed by atoms with E-state index < -0.39 is 15.6 Å². The van der Waals surface area contributed by atoms with Crippen LogP contribution in [-0.2, 0) is 16.4 Å². The molecule has 2 aliphatic rings. The third kappa shape index (κ3) is 5.22. The summed E-state index contributed by atoms with van der Waals surface area (Å²) in [6.45, 7) is 2.38. The van der Waals surface area contributed by atoms with Crippen molar-refractivity contribution < 1.29 is 18.0 Å². The molecule has 4 heterocycles. The number of nitrogens with zero attached hydrogens (tertiary/aromatic N) is 5. The normalized spacial score (nSPS) is 25.9. The summed E-state index contributed by atoms with van der Waals surface area (Å²) in [5, 5.41) is 15.9. The van der Waals surface area contributed by atoms with Gasteiger partial charge in [-0.2, -0.15) is 4.31 Å². The molecule has 2 fully saturated rings. The van der Waals surface area contributed by atoms with Gasteiger partial charge < -0.3 is 19.5 Å². The van der Waals surface area contributed by atoms with E-state index in [0.29, 0.717) is 31.8 Å². The molecular formula is C24H34N6O4S. The van der Waals surface area contributed by atoms with Crippen LogP contribution >= 0.6 is 0 Å². The second kappa shape index (κ2) is 9.51. The maximum Gasteiger partial charge on any atom is 0.214 e. The summed E-state index contributed by atoms with van der Waals surface area (Å²) in [5.74, 6) is 1.91. The van der Waals surface area contributed by atoms with Gasteiger partial charge >= 0.3 is 0 Å². The number of aliphatic hydroxyl groups is 1. The summed E-state index contributed by atoms with van der Waals surface area (Å²) < 4.78 is 33.1. The van der Waals surface area contributed by atoms with Crippen LogP contribution in [0.3, 0.4) is 0 Å². The molecule has 0 aromatic carbocycles. The molecule has 1 aliphatic carbocycles. The van der Waals surface area contributed by atoms with Crippen molar-refractivity contribution in [3.05, 3.63) is 36.1 Å². The van der Waals surface area contributed by atoms with Gasteiger partial charge in [-0.15, -0.1) is 0 Å². The minimum atomic E-state index is -3.42. The molecule has 0 radical (unpaired) electrons. The molecule has 1 saturated carbocycles. The van der Waals surface area contributed by atoms with Crippen LogP contribution in [-0.4, -0.2) is 75.5 Å². The van der Waals surface area contributed by atoms with Crippen molar-refractivity contribution in [2.75, 3.05) is 30.8 Å².